The first-order chi connectivity index (χ1) is 12.6. The number of hydrogen-bond donors (Lipinski definition) is 2. The van der Waals surface area contributed by atoms with E-state index in [9.17, 15) is 9.90 Å². The second-order valence-electron chi connectivity index (χ2n) is 7.34. The van der Waals surface area contributed by atoms with E-state index in [0.717, 1.165) is 24.4 Å². The molecular weight excluding hydrogens is 330 g/mol. The van der Waals surface area contributed by atoms with Crippen molar-refractivity contribution >= 4 is 11.7 Å². The van der Waals surface area contributed by atoms with Crippen molar-refractivity contribution in [3.63, 3.8) is 0 Å². The smallest absolute Gasteiger partial charge is 0.317 e. The predicted molar refractivity (Wildman–Crippen MR) is 101 cm³/mol. The van der Waals surface area contributed by atoms with Crippen molar-refractivity contribution in [2.24, 2.45) is 5.92 Å². The lowest BCUT2D eigenvalue weighted by Crippen LogP contribution is -2.57. The van der Waals surface area contributed by atoms with Crippen molar-refractivity contribution in [3.05, 3.63) is 36.3 Å². The van der Waals surface area contributed by atoms with E-state index in [1.165, 1.54) is 0 Å². The van der Waals surface area contributed by atoms with Gasteiger partial charge in [0, 0.05) is 45.0 Å². The standard InChI is InChI=1S/C19H29N5O2/c1-15(2)13-22-8-9-23(14-16(22)6-10-25)19(26)21-12-17-11-20-18-5-3-4-7-24(17)18/h3-5,7,11,15-16,25H,6,8-10,12-14H2,1-2H3,(H,21,26). The van der Waals surface area contributed by atoms with E-state index in [4.69, 9.17) is 0 Å². The largest absolute Gasteiger partial charge is 0.396 e. The lowest BCUT2D eigenvalue weighted by atomic mass is 10.1. The zero-order chi connectivity index (χ0) is 18.5. The molecule has 0 radical (unpaired) electrons. The van der Waals surface area contributed by atoms with Crippen LogP contribution in [0.25, 0.3) is 5.65 Å². The van der Waals surface area contributed by atoms with Gasteiger partial charge in [-0.1, -0.05) is 19.9 Å². The molecule has 0 saturated carbocycles. The molecule has 1 aliphatic heterocycles. The lowest BCUT2D eigenvalue weighted by molar-refractivity contribution is 0.0654. The monoisotopic (exact) mass is 359 g/mol. The first-order valence-electron chi connectivity index (χ1n) is 9.37. The molecule has 0 spiro atoms. The Morgan fingerprint density at radius 1 is 1.38 bits per heavy atom. The summed E-state index contributed by atoms with van der Waals surface area (Å²) in [6, 6.07) is 6.01. The minimum absolute atomic E-state index is 0.0528. The summed E-state index contributed by atoms with van der Waals surface area (Å²) in [5.41, 5.74) is 1.83. The lowest BCUT2D eigenvalue weighted by Gasteiger charge is -2.42. The predicted octanol–water partition coefficient (Wildman–Crippen LogP) is 1.57. The number of aliphatic hydroxyl groups is 1. The van der Waals surface area contributed by atoms with Gasteiger partial charge in [-0.2, -0.15) is 0 Å². The van der Waals surface area contributed by atoms with Crippen LogP contribution in [-0.2, 0) is 6.54 Å². The van der Waals surface area contributed by atoms with Gasteiger partial charge in [0.25, 0.3) is 0 Å². The number of imidazole rings is 1. The number of carbonyl (C=O) groups excluding carboxylic acids is 1. The SMILES string of the molecule is CC(C)CN1CCN(C(=O)NCc2cnc3ccccn23)CC1CCO. The molecule has 3 rings (SSSR count). The number of nitrogens with zero attached hydrogens (tertiary/aromatic N) is 4. The maximum Gasteiger partial charge on any atom is 0.317 e. The summed E-state index contributed by atoms with van der Waals surface area (Å²) in [5, 5.41) is 12.4. The van der Waals surface area contributed by atoms with Crippen LogP contribution in [0.4, 0.5) is 4.79 Å². The van der Waals surface area contributed by atoms with Crippen LogP contribution in [0.1, 0.15) is 26.0 Å². The average molecular weight is 359 g/mol. The molecule has 2 N–H and O–H groups in total. The quantitative estimate of drug-likeness (QED) is 0.821. The molecule has 0 aromatic carbocycles. The van der Waals surface area contributed by atoms with Crippen LogP contribution in [0, 0.1) is 5.92 Å². The summed E-state index contributed by atoms with van der Waals surface area (Å²) >= 11 is 0. The Morgan fingerprint density at radius 2 is 2.23 bits per heavy atom. The summed E-state index contributed by atoms with van der Waals surface area (Å²) in [6.45, 7) is 8.22. The Bertz CT molecular complexity index is 730. The van der Waals surface area contributed by atoms with Gasteiger partial charge in [0.05, 0.1) is 18.4 Å². The third-order valence-electron chi connectivity index (χ3n) is 4.87. The Balaban J connectivity index is 1.57. The summed E-state index contributed by atoms with van der Waals surface area (Å²) in [7, 11) is 0. The Kier molecular flexibility index (Phi) is 6.11. The molecule has 2 aromatic rings. The molecule has 0 aliphatic carbocycles. The molecule has 1 fully saturated rings. The fourth-order valence-corrected chi connectivity index (χ4v) is 3.60. The number of aliphatic hydroxyl groups excluding tert-OH is 1. The van der Waals surface area contributed by atoms with Crippen molar-refractivity contribution in [1.29, 1.82) is 0 Å². The fraction of sp³-hybridized carbons (Fsp3) is 0.579. The van der Waals surface area contributed by atoms with Gasteiger partial charge in [0.15, 0.2) is 0 Å². The van der Waals surface area contributed by atoms with Crippen LogP contribution < -0.4 is 5.32 Å². The van der Waals surface area contributed by atoms with Crippen molar-refractivity contribution in [1.82, 2.24) is 24.5 Å². The highest BCUT2D eigenvalue weighted by Crippen LogP contribution is 2.15. The third-order valence-corrected chi connectivity index (χ3v) is 4.87. The Labute approximate surface area is 154 Å². The number of piperazine rings is 1. The number of aromatic nitrogens is 2. The summed E-state index contributed by atoms with van der Waals surface area (Å²) in [5.74, 6) is 0.576. The van der Waals surface area contributed by atoms with Gasteiger partial charge in [-0.25, -0.2) is 9.78 Å². The van der Waals surface area contributed by atoms with E-state index in [1.54, 1.807) is 6.20 Å². The molecule has 7 nitrogen and oxygen atoms in total. The van der Waals surface area contributed by atoms with Crippen molar-refractivity contribution in [3.8, 4) is 0 Å². The molecule has 1 saturated heterocycles. The number of pyridine rings is 1. The second-order valence-corrected chi connectivity index (χ2v) is 7.34. The zero-order valence-corrected chi connectivity index (χ0v) is 15.6. The van der Waals surface area contributed by atoms with Crippen LogP contribution in [0.3, 0.4) is 0 Å². The van der Waals surface area contributed by atoms with Gasteiger partial charge in [-0.15, -0.1) is 0 Å². The van der Waals surface area contributed by atoms with Crippen LogP contribution in [-0.4, -0.2) is 69.1 Å². The number of nitrogens with one attached hydrogen (secondary N) is 1. The Hall–Kier alpha value is -2.12. The van der Waals surface area contributed by atoms with E-state index in [1.807, 2.05) is 33.7 Å². The summed E-state index contributed by atoms with van der Waals surface area (Å²) in [6.07, 6.45) is 4.44. The third kappa shape index (κ3) is 4.34. The number of amides is 2. The normalized spacial score (nSPS) is 18.6. The van der Waals surface area contributed by atoms with Gasteiger partial charge in [0.1, 0.15) is 5.65 Å². The minimum Gasteiger partial charge on any atom is -0.396 e. The van der Waals surface area contributed by atoms with E-state index >= 15 is 0 Å². The van der Waals surface area contributed by atoms with E-state index in [0.29, 0.717) is 32.0 Å². The van der Waals surface area contributed by atoms with Gasteiger partial charge in [0.2, 0.25) is 0 Å². The van der Waals surface area contributed by atoms with E-state index in [-0.39, 0.29) is 18.7 Å². The molecule has 1 atom stereocenters. The van der Waals surface area contributed by atoms with Crippen LogP contribution >= 0.6 is 0 Å². The molecule has 142 valence electrons. The summed E-state index contributed by atoms with van der Waals surface area (Å²) < 4.78 is 1.98. The fourth-order valence-electron chi connectivity index (χ4n) is 3.60. The topological polar surface area (TPSA) is 73.1 Å². The zero-order valence-electron chi connectivity index (χ0n) is 15.6. The number of carbonyl (C=O) groups is 1. The second kappa shape index (κ2) is 8.51. The van der Waals surface area contributed by atoms with Crippen molar-refractivity contribution in [2.45, 2.75) is 32.9 Å². The van der Waals surface area contributed by atoms with E-state index in [2.05, 4.69) is 29.0 Å². The first-order valence-corrected chi connectivity index (χ1v) is 9.37. The maximum absolute atomic E-state index is 12.6. The first kappa shape index (κ1) is 18.7. The average Bonchev–Trinajstić information content (AvgIpc) is 3.04. The van der Waals surface area contributed by atoms with Crippen molar-refractivity contribution in [2.75, 3.05) is 32.8 Å². The molecule has 26 heavy (non-hydrogen) atoms. The highest BCUT2D eigenvalue weighted by atomic mass is 16.3. The van der Waals surface area contributed by atoms with E-state index < -0.39 is 0 Å². The molecular formula is C19H29N5O2. The van der Waals surface area contributed by atoms with Crippen LogP contribution in [0.15, 0.2) is 30.6 Å². The summed E-state index contributed by atoms with van der Waals surface area (Å²) in [4.78, 5) is 21.2. The van der Waals surface area contributed by atoms with Gasteiger partial charge in [-0.3, -0.25) is 4.90 Å². The van der Waals surface area contributed by atoms with Gasteiger partial charge < -0.3 is 19.7 Å². The van der Waals surface area contributed by atoms with Gasteiger partial charge in [-0.05, 0) is 24.5 Å². The molecule has 3 heterocycles. The van der Waals surface area contributed by atoms with Gasteiger partial charge >= 0.3 is 6.03 Å². The molecule has 7 heteroatoms. The maximum atomic E-state index is 12.6. The van der Waals surface area contributed by atoms with Crippen LogP contribution in [0.5, 0.6) is 0 Å². The van der Waals surface area contributed by atoms with Crippen LogP contribution in [0.2, 0.25) is 0 Å². The number of fused-ring (bicyclic) bond motifs is 1. The number of hydrogen-bond acceptors (Lipinski definition) is 4. The number of rotatable bonds is 6. The number of urea groups is 1. The Morgan fingerprint density at radius 3 is 3.00 bits per heavy atom. The highest BCUT2D eigenvalue weighted by molar-refractivity contribution is 5.74. The molecule has 2 aromatic heterocycles. The highest BCUT2D eigenvalue weighted by Gasteiger charge is 2.29. The van der Waals surface area contributed by atoms with Crippen molar-refractivity contribution < 1.29 is 9.90 Å². The molecule has 1 aliphatic rings. The minimum atomic E-state index is -0.0528. The molecule has 0 bridgehead atoms. The molecule has 1 unspecified atom stereocenters. The molecule has 2 amide bonds.